The number of carbonyl (C=O) groups excluding carboxylic acids is 2. The van der Waals surface area contributed by atoms with Crippen LogP contribution in [0.3, 0.4) is 0 Å². The van der Waals surface area contributed by atoms with Crippen LogP contribution in [0, 0.1) is 11.8 Å². The van der Waals surface area contributed by atoms with Gasteiger partial charge in [0.15, 0.2) is 0 Å². The van der Waals surface area contributed by atoms with Gasteiger partial charge in [-0.2, -0.15) is 0 Å². The number of aliphatic hydroxyl groups excluding tert-OH is 1. The van der Waals surface area contributed by atoms with Gasteiger partial charge < -0.3 is 20.3 Å². The molecule has 7 nitrogen and oxygen atoms in total. The highest BCUT2D eigenvalue weighted by atomic mass is 16.5. The molecule has 0 aliphatic rings. The van der Waals surface area contributed by atoms with E-state index in [0.717, 1.165) is 5.56 Å². The first-order valence-corrected chi connectivity index (χ1v) is 7.66. The molecule has 24 heavy (non-hydrogen) atoms. The summed E-state index contributed by atoms with van der Waals surface area (Å²) < 4.78 is 5.03. The molecule has 0 spiro atoms. The number of aliphatic carboxylic acids is 1. The number of carbonyl (C=O) groups is 3. The Labute approximate surface area is 140 Å². The maximum atomic E-state index is 11.8. The van der Waals surface area contributed by atoms with Gasteiger partial charge in [0.1, 0.15) is 6.61 Å². The summed E-state index contributed by atoms with van der Waals surface area (Å²) in [5, 5.41) is 21.5. The summed E-state index contributed by atoms with van der Waals surface area (Å²) in [4.78, 5) is 34.4. The van der Waals surface area contributed by atoms with E-state index >= 15 is 0 Å². The van der Waals surface area contributed by atoms with Crippen LogP contribution >= 0.6 is 0 Å². The van der Waals surface area contributed by atoms with E-state index in [1.807, 2.05) is 18.2 Å². The molecule has 132 valence electrons. The molecule has 0 aliphatic carbocycles. The fourth-order valence-corrected chi connectivity index (χ4v) is 2.34. The Morgan fingerprint density at radius 2 is 1.71 bits per heavy atom. The van der Waals surface area contributed by atoms with Crippen molar-refractivity contribution in [3.63, 3.8) is 0 Å². The Kier molecular flexibility index (Phi) is 7.38. The van der Waals surface area contributed by atoms with E-state index < -0.39 is 41.8 Å². The monoisotopic (exact) mass is 337 g/mol. The summed E-state index contributed by atoms with van der Waals surface area (Å²) in [5.74, 6) is -4.20. The number of rotatable bonds is 8. The minimum atomic E-state index is -1.60. The largest absolute Gasteiger partial charge is 0.475 e. The fourth-order valence-electron chi connectivity index (χ4n) is 2.34. The standard InChI is InChI=1S/C17H23NO6/c1-10(2)13(15(20)16(21)22)14(19)11(3)18-17(23)24-9-12-7-5-4-6-8-12/h4-8,10-11,13-14,19H,9H2,1-3H3,(H,18,23)(H,21,22). The normalized spacial score (nSPS) is 14.5. The maximum Gasteiger partial charge on any atom is 0.407 e. The average molecular weight is 337 g/mol. The van der Waals surface area contributed by atoms with Gasteiger partial charge >= 0.3 is 12.1 Å². The Hall–Kier alpha value is -2.41. The molecule has 1 aromatic carbocycles. The second-order valence-electron chi connectivity index (χ2n) is 5.92. The van der Waals surface area contributed by atoms with Crippen molar-refractivity contribution in [3.05, 3.63) is 35.9 Å². The predicted octanol–water partition coefficient (Wildman–Crippen LogP) is 1.59. The van der Waals surface area contributed by atoms with Gasteiger partial charge in [-0.3, -0.25) is 4.79 Å². The Morgan fingerprint density at radius 3 is 2.21 bits per heavy atom. The van der Waals surface area contributed by atoms with Crippen LogP contribution in [0.5, 0.6) is 0 Å². The van der Waals surface area contributed by atoms with E-state index in [0.29, 0.717) is 0 Å². The Morgan fingerprint density at radius 1 is 1.12 bits per heavy atom. The lowest BCUT2D eigenvalue weighted by Crippen LogP contribution is -2.49. The molecule has 3 unspecified atom stereocenters. The number of aliphatic hydroxyl groups is 1. The van der Waals surface area contributed by atoms with Crippen molar-refractivity contribution in [2.24, 2.45) is 11.8 Å². The maximum absolute atomic E-state index is 11.8. The third kappa shape index (κ3) is 5.66. The average Bonchev–Trinajstić information content (AvgIpc) is 2.53. The lowest BCUT2D eigenvalue weighted by Gasteiger charge is -2.28. The van der Waals surface area contributed by atoms with Gasteiger partial charge in [-0.05, 0) is 18.4 Å². The SMILES string of the molecule is CC(C)C(C(=O)C(=O)O)C(O)C(C)NC(=O)OCc1ccccc1. The molecule has 0 heterocycles. The molecule has 3 atom stereocenters. The van der Waals surface area contributed by atoms with E-state index in [-0.39, 0.29) is 6.61 Å². The van der Waals surface area contributed by atoms with Crippen LogP contribution in [-0.2, 0) is 20.9 Å². The summed E-state index contributed by atoms with van der Waals surface area (Å²) >= 11 is 0. The van der Waals surface area contributed by atoms with Gasteiger partial charge in [0.2, 0.25) is 5.78 Å². The summed E-state index contributed by atoms with van der Waals surface area (Å²) in [6.45, 7) is 4.82. The summed E-state index contributed by atoms with van der Waals surface area (Å²) in [6.07, 6.45) is -2.09. The van der Waals surface area contributed by atoms with Gasteiger partial charge in [0.25, 0.3) is 0 Å². The molecule has 3 N–H and O–H groups in total. The van der Waals surface area contributed by atoms with E-state index in [1.165, 1.54) is 6.92 Å². The number of carboxylic acids is 1. The minimum absolute atomic E-state index is 0.0666. The van der Waals surface area contributed by atoms with Crippen molar-refractivity contribution in [1.82, 2.24) is 5.32 Å². The van der Waals surface area contributed by atoms with Crippen LogP contribution in [0.15, 0.2) is 30.3 Å². The van der Waals surface area contributed by atoms with Crippen LogP contribution in [0.4, 0.5) is 4.79 Å². The summed E-state index contributed by atoms with van der Waals surface area (Å²) in [6, 6.07) is 8.22. The molecular weight excluding hydrogens is 314 g/mol. The number of benzene rings is 1. The quantitative estimate of drug-likeness (QED) is 0.621. The van der Waals surface area contributed by atoms with E-state index in [1.54, 1.807) is 26.0 Å². The van der Waals surface area contributed by atoms with Crippen molar-refractivity contribution in [1.29, 1.82) is 0 Å². The molecule has 0 saturated carbocycles. The van der Waals surface area contributed by atoms with Crippen molar-refractivity contribution < 1.29 is 29.3 Å². The van der Waals surface area contributed by atoms with Crippen LogP contribution in [-0.4, -0.2) is 40.2 Å². The highest BCUT2D eigenvalue weighted by Crippen LogP contribution is 2.19. The molecule has 7 heteroatoms. The molecule has 0 aromatic heterocycles. The van der Waals surface area contributed by atoms with Crippen LogP contribution < -0.4 is 5.32 Å². The number of amides is 1. The highest BCUT2D eigenvalue weighted by molar-refractivity contribution is 6.33. The first-order chi connectivity index (χ1) is 11.2. The molecule has 0 aliphatic heterocycles. The molecule has 1 aromatic rings. The van der Waals surface area contributed by atoms with Gasteiger partial charge in [-0.15, -0.1) is 0 Å². The zero-order valence-electron chi connectivity index (χ0n) is 13.9. The fraction of sp³-hybridized carbons (Fsp3) is 0.471. The van der Waals surface area contributed by atoms with E-state index in [2.05, 4.69) is 5.32 Å². The molecule has 1 amide bonds. The molecular formula is C17H23NO6. The van der Waals surface area contributed by atoms with Crippen LogP contribution in [0.1, 0.15) is 26.3 Å². The highest BCUT2D eigenvalue weighted by Gasteiger charge is 2.37. The number of hydrogen-bond acceptors (Lipinski definition) is 5. The lowest BCUT2D eigenvalue weighted by molar-refractivity contribution is -0.154. The van der Waals surface area contributed by atoms with Gasteiger partial charge in [-0.25, -0.2) is 9.59 Å². The van der Waals surface area contributed by atoms with Crippen molar-refractivity contribution >= 4 is 17.8 Å². The lowest BCUT2D eigenvalue weighted by atomic mass is 9.83. The van der Waals surface area contributed by atoms with E-state index in [9.17, 15) is 19.5 Å². The molecule has 0 radical (unpaired) electrons. The number of alkyl carbamates (subject to hydrolysis) is 1. The number of carboxylic acid groups (broad SMARTS) is 1. The van der Waals surface area contributed by atoms with E-state index in [4.69, 9.17) is 9.84 Å². The van der Waals surface area contributed by atoms with Crippen LogP contribution in [0.25, 0.3) is 0 Å². The Bertz CT molecular complexity index is 572. The molecule has 0 fully saturated rings. The van der Waals surface area contributed by atoms with Crippen LogP contribution in [0.2, 0.25) is 0 Å². The zero-order valence-corrected chi connectivity index (χ0v) is 13.9. The van der Waals surface area contributed by atoms with Gasteiger partial charge in [0, 0.05) is 0 Å². The third-order valence-electron chi connectivity index (χ3n) is 3.67. The Balaban J connectivity index is 2.60. The number of hydrogen-bond donors (Lipinski definition) is 3. The molecule has 1 rings (SSSR count). The second kappa shape index (κ2) is 9.02. The second-order valence-corrected chi connectivity index (χ2v) is 5.92. The number of nitrogens with one attached hydrogen (secondary N) is 1. The van der Waals surface area contributed by atoms with Crippen molar-refractivity contribution in [2.45, 2.75) is 39.5 Å². The minimum Gasteiger partial charge on any atom is -0.475 e. The third-order valence-corrected chi connectivity index (χ3v) is 3.67. The summed E-state index contributed by atoms with van der Waals surface area (Å²) in [7, 11) is 0. The van der Waals surface area contributed by atoms with Crippen molar-refractivity contribution in [2.75, 3.05) is 0 Å². The number of Topliss-reactive ketones (excluding diaryl/α,β-unsaturated/α-hetero) is 1. The smallest absolute Gasteiger partial charge is 0.407 e. The number of ether oxygens (including phenoxy) is 1. The number of ketones is 1. The summed E-state index contributed by atoms with van der Waals surface area (Å²) in [5.41, 5.74) is 0.807. The zero-order chi connectivity index (χ0) is 18.3. The van der Waals surface area contributed by atoms with Crippen molar-refractivity contribution in [3.8, 4) is 0 Å². The van der Waals surface area contributed by atoms with Gasteiger partial charge in [0.05, 0.1) is 18.1 Å². The molecule has 0 bridgehead atoms. The first-order valence-electron chi connectivity index (χ1n) is 7.66. The topological polar surface area (TPSA) is 113 Å². The predicted molar refractivity (Wildman–Crippen MR) is 86.2 cm³/mol. The van der Waals surface area contributed by atoms with Gasteiger partial charge in [-0.1, -0.05) is 44.2 Å². The first kappa shape index (κ1) is 19.6. The molecule has 0 saturated heterocycles.